The molecule has 0 saturated heterocycles. The van der Waals surface area contributed by atoms with Crippen LogP contribution in [0.1, 0.15) is 0 Å². The molecule has 0 rings (SSSR count). The van der Waals surface area contributed by atoms with Crippen LogP contribution in [0, 0.1) is 0 Å². The summed E-state index contributed by atoms with van der Waals surface area (Å²) in [6, 6.07) is 0. The second-order valence-corrected chi connectivity index (χ2v) is 2.13. The van der Waals surface area contributed by atoms with Gasteiger partial charge in [0.2, 0.25) is 0 Å². The molecule has 0 aromatic carbocycles. The average Bonchev–Trinajstić information content (AvgIpc) is 1.65. The molecule has 0 aromatic heterocycles. The maximum absolute atomic E-state index is 4.65. The van der Waals surface area contributed by atoms with Gasteiger partial charge in [0.25, 0.3) is 0 Å². The molecular formula is C3H6MoNS2-. The number of rotatable bonds is 0. The zero-order valence-corrected chi connectivity index (χ0v) is 7.81. The van der Waals surface area contributed by atoms with Crippen LogP contribution in [-0.4, -0.2) is 17.6 Å². The van der Waals surface area contributed by atoms with Gasteiger partial charge in [0.05, 0.1) is 0 Å². The van der Waals surface area contributed by atoms with Crippen molar-refractivity contribution in [3.8, 4) is 0 Å². The topological polar surface area (TPSA) is 14.1 Å². The van der Waals surface area contributed by atoms with Crippen LogP contribution < -0.4 is 0 Å². The van der Waals surface area contributed by atoms with Gasteiger partial charge in [0, 0.05) is 21.1 Å². The van der Waals surface area contributed by atoms with Crippen molar-refractivity contribution in [3.63, 3.8) is 0 Å². The second kappa shape index (κ2) is 6.93. The van der Waals surface area contributed by atoms with Gasteiger partial charge in [0.15, 0.2) is 0 Å². The minimum absolute atomic E-state index is 0. The van der Waals surface area contributed by atoms with Crippen molar-refractivity contribution >= 4 is 28.3 Å². The van der Waals surface area contributed by atoms with Crippen LogP contribution in [0.4, 0.5) is 0 Å². The number of nitrogens with zero attached hydrogens (tertiary/aromatic N) is 1. The van der Waals surface area contributed by atoms with Crippen LogP contribution in [0.5, 0.6) is 0 Å². The first-order valence-electron chi connectivity index (χ1n) is 1.49. The van der Waals surface area contributed by atoms with Crippen molar-refractivity contribution in [2.24, 2.45) is 0 Å². The van der Waals surface area contributed by atoms with E-state index >= 15 is 0 Å². The molecule has 0 spiro atoms. The molecule has 0 N–H and O–H groups in total. The van der Waals surface area contributed by atoms with Crippen molar-refractivity contribution in [1.29, 1.82) is 0 Å². The predicted molar refractivity (Wildman–Crippen MR) is 35.4 cm³/mol. The standard InChI is InChI=1S/C3H7NS2.Mo/c1-4-3(5)6-2;/h1-2H3,(H,4,5);/p-1. The molecule has 0 aliphatic carbocycles. The van der Waals surface area contributed by atoms with Crippen LogP contribution >= 0.6 is 24.0 Å². The van der Waals surface area contributed by atoms with E-state index in [0.717, 1.165) is 4.32 Å². The van der Waals surface area contributed by atoms with Gasteiger partial charge in [-0.15, -0.1) is 18.8 Å². The first-order chi connectivity index (χ1) is 2.81. The fourth-order valence-corrected chi connectivity index (χ4v) is 0.274. The largest absolute Gasteiger partial charge is 0.672 e. The number of thiocarbonyl (C=S) groups is 1. The van der Waals surface area contributed by atoms with Gasteiger partial charge < -0.3 is 5.32 Å². The van der Waals surface area contributed by atoms with Crippen molar-refractivity contribution in [2.75, 3.05) is 13.3 Å². The van der Waals surface area contributed by atoms with Gasteiger partial charge in [-0.1, -0.05) is 12.2 Å². The van der Waals surface area contributed by atoms with Gasteiger partial charge in [-0.3, -0.25) is 0 Å². The first kappa shape index (κ1) is 10.8. The first-order valence-corrected chi connectivity index (χ1v) is 3.12. The molecule has 0 aliphatic rings. The molecule has 7 heavy (non-hydrogen) atoms. The monoisotopic (exact) mass is 218 g/mol. The van der Waals surface area contributed by atoms with Gasteiger partial charge >= 0.3 is 0 Å². The van der Waals surface area contributed by atoms with Crippen LogP contribution in [0.2, 0.25) is 0 Å². The van der Waals surface area contributed by atoms with E-state index < -0.39 is 0 Å². The third-order valence-corrected chi connectivity index (χ3v) is 1.57. The Hall–Kier alpha value is 0.928. The second-order valence-electron chi connectivity index (χ2n) is 0.694. The Kier molecular flexibility index (Phi) is 10.7. The number of hydrogen-bond donors (Lipinski definition) is 0. The minimum Gasteiger partial charge on any atom is -0.672 e. The fraction of sp³-hybridized carbons (Fsp3) is 0.667. The summed E-state index contributed by atoms with van der Waals surface area (Å²) in [7, 11) is 1.69. The molecule has 4 heteroatoms. The molecule has 1 nitrogen and oxygen atoms in total. The third-order valence-electron chi connectivity index (χ3n) is 0.357. The molecular weight excluding hydrogens is 210 g/mol. The zero-order valence-electron chi connectivity index (χ0n) is 4.17. The Balaban J connectivity index is 0. The average molecular weight is 216 g/mol. The molecule has 0 heterocycles. The van der Waals surface area contributed by atoms with Crippen molar-refractivity contribution in [1.82, 2.24) is 0 Å². The van der Waals surface area contributed by atoms with E-state index in [2.05, 4.69) is 17.5 Å². The Labute approximate surface area is 67.9 Å². The van der Waals surface area contributed by atoms with E-state index in [4.69, 9.17) is 0 Å². The Bertz CT molecular complexity index is 50.9. The summed E-state index contributed by atoms with van der Waals surface area (Å²) in [5, 5.41) is 3.70. The van der Waals surface area contributed by atoms with Crippen LogP contribution in [0.15, 0.2) is 0 Å². The Morgan fingerprint density at radius 3 is 2.14 bits per heavy atom. The number of hydrogen-bond acceptors (Lipinski definition) is 2. The summed E-state index contributed by atoms with van der Waals surface area (Å²) in [5.74, 6) is 0. The number of thioether (sulfide) groups is 1. The SMILES string of the molecule is C[N-]C(=S)SC.[Mo]. The van der Waals surface area contributed by atoms with Crippen molar-refractivity contribution in [3.05, 3.63) is 5.32 Å². The minimum atomic E-state index is 0. The predicted octanol–water partition coefficient (Wildman–Crippen LogP) is 1.64. The van der Waals surface area contributed by atoms with Crippen LogP contribution in [0.25, 0.3) is 5.32 Å². The summed E-state index contributed by atoms with van der Waals surface area (Å²) in [5.41, 5.74) is 0. The van der Waals surface area contributed by atoms with Gasteiger partial charge in [-0.05, 0) is 10.6 Å². The molecule has 0 amide bonds. The molecule has 0 radical (unpaired) electrons. The van der Waals surface area contributed by atoms with Gasteiger partial charge in [-0.2, -0.15) is 0 Å². The maximum Gasteiger partial charge on any atom is 0 e. The van der Waals surface area contributed by atoms with Crippen LogP contribution in [-0.2, 0) is 21.1 Å². The van der Waals surface area contributed by atoms with Crippen LogP contribution in [0.3, 0.4) is 0 Å². The molecule has 0 atom stereocenters. The molecule has 0 fully saturated rings. The van der Waals surface area contributed by atoms with E-state index in [0.29, 0.717) is 0 Å². The quantitative estimate of drug-likeness (QED) is 0.451. The summed E-state index contributed by atoms with van der Waals surface area (Å²) in [6.45, 7) is 0. The van der Waals surface area contributed by atoms with E-state index in [-0.39, 0.29) is 21.1 Å². The Morgan fingerprint density at radius 2 is 2.14 bits per heavy atom. The summed E-state index contributed by atoms with van der Waals surface area (Å²) in [6.07, 6.45) is 1.91. The van der Waals surface area contributed by atoms with E-state index in [9.17, 15) is 0 Å². The normalized spacial score (nSPS) is 6.57. The molecule has 0 aliphatic heterocycles. The summed E-state index contributed by atoms with van der Waals surface area (Å²) in [4.78, 5) is 0. The van der Waals surface area contributed by atoms with Crippen molar-refractivity contribution in [2.45, 2.75) is 0 Å². The molecule has 0 saturated carbocycles. The third kappa shape index (κ3) is 6.93. The molecule has 42 valence electrons. The molecule has 0 aromatic rings. The van der Waals surface area contributed by atoms with Gasteiger partial charge in [0.1, 0.15) is 0 Å². The van der Waals surface area contributed by atoms with Gasteiger partial charge in [-0.25, -0.2) is 0 Å². The van der Waals surface area contributed by atoms with E-state index in [1.807, 2.05) is 6.26 Å². The molecule has 0 unspecified atom stereocenters. The zero-order chi connectivity index (χ0) is 4.99. The van der Waals surface area contributed by atoms with E-state index in [1.165, 1.54) is 11.8 Å². The van der Waals surface area contributed by atoms with Crippen molar-refractivity contribution < 1.29 is 21.1 Å². The smallest absolute Gasteiger partial charge is 0 e. The van der Waals surface area contributed by atoms with E-state index in [1.54, 1.807) is 7.05 Å². The Morgan fingerprint density at radius 1 is 1.71 bits per heavy atom. The maximum atomic E-state index is 4.65. The molecule has 0 bridgehead atoms. The fourth-order valence-electron chi connectivity index (χ4n) is 0.0913. The summed E-state index contributed by atoms with van der Waals surface area (Å²) >= 11 is 6.14. The summed E-state index contributed by atoms with van der Waals surface area (Å²) < 4.78 is 0.718.